The van der Waals surface area contributed by atoms with Crippen molar-refractivity contribution in [2.24, 2.45) is 5.73 Å². The van der Waals surface area contributed by atoms with Gasteiger partial charge in [0.25, 0.3) is 0 Å². The number of halogens is 1. The summed E-state index contributed by atoms with van der Waals surface area (Å²) in [5, 5.41) is 0. The average molecular weight is 315 g/mol. The minimum absolute atomic E-state index is 0.0143. The number of rotatable bonds is 4. The lowest BCUT2D eigenvalue weighted by Crippen LogP contribution is -2.39. The van der Waals surface area contributed by atoms with Crippen molar-refractivity contribution in [1.82, 2.24) is 0 Å². The van der Waals surface area contributed by atoms with E-state index in [1.807, 2.05) is 32.0 Å². The van der Waals surface area contributed by atoms with E-state index >= 15 is 0 Å². The molecule has 100 valence electrons. The Kier molecular flexibility index (Phi) is 4.76. The van der Waals surface area contributed by atoms with Crippen LogP contribution in [0.5, 0.6) is 5.75 Å². The van der Waals surface area contributed by atoms with E-state index in [0.717, 1.165) is 15.9 Å². The van der Waals surface area contributed by atoms with E-state index in [2.05, 4.69) is 15.9 Å². The summed E-state index contributed by atoms with van der Waals surface area (Å²) >= 11 is 3.40. The second-order valence-electron chi connectivity index (χ2n) is 4.94. The summed E-state index contributed by atoms with van der Waals surface area (Å²) in [5.41, 5.74) is 6.15. The first kappa shape index (κ1) is 15.0. The molecule has 0 spiro atoms. The van der Waals surface area contributed by atoms with Crippen molar-refractivity contribution in [2.75, 3.05) is 19.1 Å². The van der Waals surface area contributed by atoms with Gasteiger partial charge in [-0.25, -0.2) is 0 Å². The van der Waals surface area contributed by atoms with Crippen molar-refractivity contribution in [3.05, 3.63) is 22.7 Å². The van der Waals surface area contributed by atoms with Crippen LogP contribution in [0.1, 0.15) is 20.3 Å². The van der Waals surface area contributed by atoms with E-state index in [4.69, 9.17) is 10.5 Å². The van der Waals surface area contributed by atoms with Crippen molar-refractivity contribution in [2.45, 2.75) is 25.8 Å². The fourth-order valence-electron chi connectivity index (χ4n) is 1.52. The highest BCUT2D eigenvalue weighted by molar-refractivity contribution is 9.10. The molecule has 0 fully saturated rings. The van der Waals surface area contributed by atoms with Gasteiger partial charge in [-0.3, -0.25) is 4.79 Å². The highest BCUT2D eigenvalue weighted by Crippen LogP contribution is 2.29. The lowest BCUT2D eigenvalue weighted by molar-refractivity contribution is -0.119. The molecule has 2 N–H and O–H groups in total. The van der Waals surface area contributed by atoms with Gasteiger partial charge in [0.1, 0.15) is 5.75 Å². The predicted molar refractivity (Wildman–Crippen MR) is 77.0 cm³/mol. The molecule has 0 aromatic heterocycles. The Balaban J connectivity index is 2.87. The van der Waals surface area contributed by atoms with Crippen LogP contribution < -0.4 is 15.4 Å². The molecule has 0 radical (unpaired) electrons. The van der Waals surface area contributed by atoms with Gasteiger partial charge in [-0.2, -0.15) is 0 Å². The standard InChI is InChI=1S/C13H19BrN2O2/c1-13(2,15)8-12(17)16(3)9-5-6-11(18-4)10(14)7-9/h5-7H,8,15H2,1-4H3. The van der Waals surface area contributed by atoms with Crippen LogP contribution in [0, 0.1) is 0 Å². The van der Waals surface area contributed by atoms with E-state index < -0.39 is 5.54 Å². The monoisotopic (exact) mass is 314 g/mol. The maximum Gasteiger partial charge on any atom is 0.228 e. The van der Waals surface area contributed by atoms with Crippen LogP contribution >= 0.6 is 15.9 Å². The van der Waals surface area contributed by atoms with E-state index in [0.29, 0.717) is 6.42 Å². The Morgan fingerprint density at radius 2 is 2.11 bits per heavy atom. The number of amides is 1. The summed E-state index contributed by atoms with van der Waals surface area (Å²) in [6.07, 6.45) is 0.299. The summed E-state index contributed by atoms with van der Waals surface area (Å²) in [4.78, 5) is 13.6. The topological polar surface area (TPSA) is 55.6 Å². The van der Waals surface area contributed by atoms with Crippen molar-refractivity contribution in [3.63, 3.8) is 0 Å². The first-order valence-corrected chi connectivity index (χ1v) is 6.43. The third kappa shape index (κ3) is 3.99. The van der Waals surface area contributed by atoms with Crippen LogP contribution in [-0.4, -0.2) is 25.6 Å². The molecule has 1 aromatic carbocycles. The van der Waals surface area contributed by atoms with Crippen LogP contribution in [0.4, 0.5) is 5.69 Å². The van der Waals surface area contributed by atoms with E-state index in [1.165, 1.54) is 0 Å². The summed E-state index contributed by atoms with van der Waals surface area (Å²) in [6.45, 7) is 3.67. The third-order valence-corrected chi connectivity index (χ3v) is 3.12. The summed E-state index contributed by atoms with van der Waals surface area (Å²) in [6, 6.07) is 5.50. The zero-order chi connectivity index (χ0) is 13.9. The molecule has 1 amide bonds. The molecule has 0 unspecified atom stereocenters. The van der Waals surface area contributed by atoms with Crippen LogP contribution in [0.2, 0.25) is 0 Å². The molecule has 0 saturated heterocycles. The number of benzene rings is 1. The molecular formula is C13H19BrN2O2. The van der Waals surface area contributed by atoms with Gasteiger partial charge >= 0.3 is 0 Å². The highest BCUT2D eigenvalue weighted by Gasteiger charge is 2.20. The molecule has 0 aliphatic rings. The number of hydrogen-bond donors (Lipinski definition) is 1. The second kappa shape index (κ2) is 5.71. The molecule has 1 rings (SSSR count). The quantitative estimate of drug-likeness (QED) is 0.929. The molecule has 4 nitrogen and oxygen atoms in total. The summed E-state index contributed by atoms with van der Waals surface area (Å²) < 4.78 is 5.96. The molecule has 5 heteroatoms. The third-order valence-electron chi connectivity index (χ3n) is 2.50. The smallest absolute Gasteiger partial charge is 0.228 e. The average Bonchev–Trinajstić information content (AvgIpc) is 2.25. The molecule has 1 aromatic rings. The van der Waals surface area contributed by atoms with Gasteiger partial charge < -0.3 is 15.4 Å². The van der Waals surface area contributed by atoms with Crippen molar-refractivity contribution in [1.29, 1.82) is 0 Å². The summed E-state index contributed by atoms with van der Waals surface area (Å²) in [7, 11) is 3.34. The Morgan fingerprint density at radius 3 is 2.56 bits per heavy atom. The predicted octanol–water partition coefficient (Wildman–Crippen LogP) is 2.55. The van der Waals surface area contributed by atoms with Crippen LogP contribution in [0.25, 0.3) is 0 Å². The maximum absolute atomic E-state index is 12.0. The highest BCUT2D eigenvalue weighted by atomic mass is 79.9. The van der Waals surface area contributed by atoms with Gasteiger partial charge in [0.2, 0.25) is 5.91 Å². The van der Waals surface area contributed by atoms with Crippen LogP contribution in [0.15, 0.2) is 22.7 Å². The molecular weight excluding hydrogens is 296 g/mol. The van der Waals surface area contributed by atoms with Gasteiger partial charge in [-0.15, -0.1) is 0 Å². The van der Waals surface area contributed by atoms with Gasteiger partial charge in [0.05, 0.1) is 11.6 Å². The van der Waals surface area contributed by atoms with Crippen molar-refractivity contribution < 1.29 is 9.53 Å². The van der Waals surface area contributed by atoms with Crippen molar-refractivity contribution >= 4 is 27.5 Å². The minimum atomic E-state index is -0.505. The number of ether oxygens (including phenoxy) is 1. The number of nitrogens with two attached hydrogens (primary N) is 1. The van der Waals surface area contributed by atoms with E-state index in [9.17, 15) is 4.79 Å². The number of hydrogen-bond acceptors (Lipinski definition) is 3. The fourth-order valence-corrected chi connectivity index (χ4v) is 2.04. The number of methoxy groups -OCH3 is 1. The van der Waals surface area contributed by atoms with Gasteiger partial charge in [-0.1, -0.05) is 0 Å². The molecule has 0 saturated carbocycles. The lowest BCUT2D eigenvalue weighted by Gasteiger charge is -2.23. The number of carbonyl (C=O) groups is 1. The molecule has 0 heterocycles. The molecule has 0 aliphatic carbocycles. The number of carbonyl (C=O) groups excluding carboxylic acids is 1. The fraction of sp³-hybridized carbons (Fsp3) is 0.462. The summed E-state index contributed by atoms with van der Waals surface area (Å²) in [5.74, 6) is 0.721. The van der Waals surface area contributed by atoms with Crippen molar-refractivity contribution in [3.8, 4) is 5.75 Å². The maximum atomic E-state index is 12.0. The first-order valence-electron chi connectivity index (χ1n) is 5.63. The van der Waals surface area contributed by atoms with Crippen LogP contribution in [0.3, 0.4) is 0 Å². The van der Waals surface area contributed by atoms with E-state index in [1.54, 1.807) is 19.1 Å². The van der Waals surface area contributed by atoms with E-state index in [-0.39, 0.29) is 5.91 Å². The number of nitrogens with zero attached hydrogens (tertiary/aromatic N) is 1. The first-order chi connectivity index (χ1) is 8.24. The van der Waals surface area contributed by atoms with Gasteiger partial charge in [0.15, 0.2) is 0 Å². The van der Waals surface area contributed by atoms with Gasteiger partial charge in [-0.05, 0) is 48.0 Å². The zero-order valence-corrected chi connectivity index (χ0v) is 12.7. The van der Waals surface area contributed by atoms with Crippen LogP contribution in [-0.2, 0) is 4.79 Å². The SMILES string of the molecule is COc1ccc(N(C)C(=O)CC(C)(C)N)cc1Br. The molecule has 0 atom stereocenters. The molecule has 0 bridgehead atoms. The lowest BCUT2D eigenvalue weighted by atomic mass is 10.0. The molecule has 18 heavy (non-hydrogen) atoms. The Bertz CT molecular complexity index is 441. The Hall–Kier alpha value is -1.07. The normalized spacial score (nSPS) is 11.2. The zero-order valence-electron chi connectivity index (χ0n) is 11.2. The largest absolute Gasteiger partial charge is 0.496 e. The van der Waals surface area contributed by atoms with Gasteiger partial charge in [0, 0.05) is 24.7 Å². The second-order valence-corrected chi connectivity index (χ2v) is 5.79. The number of anilines is 1. The Labute approximate surface area is 116 Å². The molecule has 0 aliphatic heterocycles. The minimum Gasteiger partial charge on any atom is -0.496 e. The Morgan fingerprint density at radius 1 is 1.50 bits per heavy atom.